The Labute approximate surface area is 129 Å². The van der Waals surface area contributed by atoms with Crippen molar-refractivity contribution in [3.05, 3.63) is 35.7 Å². The van der Waals surface area contributed by atoms with E-state index in [0.717, 1.165) is 43.7 Å². The molecule has 0 fully saturated rings. The van der Waals surface area contributed by atoms with E-state index in [4.69, 9.17) is 4.52 Å². The average molecular weight is 302 g/mol. The van der Waals surface area contributed by atoms with Gasteiger partial charge in [-0.3, -0.25) is 4.79 Å². The zero-order valence-corrected chi connectivity index (χ0v) is 13.1. The number of hydrogen-bond donors (Lipinski definition) is 1. The number of hydrogen-bond acceptors (Lipinski definition) is 4. The van der Waals surface area contributed by atoms with Crippen LogP contribution in [0.4, 0.5) is 0 Å². The molecule has 1 aliphatic rings. The van der Waals surface area contributed by atoms with E-state index in [2.05, 4.69) is 33.9 Å². The highest BCUT2D eigenvalue weighted by molar-refractivity contribution is 5.91. The van der Waals surface area contributed by atoms with Gasteiger partial charge in [-0.05, 0) is 19.3 Å². The highest BCUT2D eigenvalue weighted by Gasteiger charge is 2.23. The maximum absolute atomic E-state index is 12.3. The number of amides is 1. The third-order valence-electron chi connectivity index (χ3n) is 4.43. The van der Waals surface area contributed by atoms with Crippen LogP contribution in [0.3, 0.4) is 0 Å². The van der Waals surface area contributed by atoms with Crippen molar-refractivity contribution in [2.24, 2.45) is 0 Å². The van der Waals surface area contributed by atoms with Crippen LogP contribution in [0, 0.1) is 0 Å². The monoisotopic (exact) mass is 302 g/mol. The molecule has 0 unspecified atom stereocenters. The molecule has 1 amide bonds. The Morgan fingerprint density at radius 2 is 2.32 bits per heavy atom. The molecule has 1 aliphatic heterocycles. The molecule has 2 aromatic heterocycles. The molecule has 1 atom stereocenters. The molecule has 3 heterocycles. The predicted molar refractivity (Wildman–Crippen MR) is 81.6 cm³/mol. The Morgan fingerprint density at radius 3 is 3.09 bits per heavy atom. The highest BCUT2D eigenvalue weighted by atomic mass is 16.5. The minimum absolute atomic E-state index is 0.107. The Hall–Kier alpha value is -2.11. The summed E-state index contributed by atoms with van der Waals surface area (Å²) in [6, 6.07) is 1.88. The standard InChI is InChI=1S/C16H22N4O2/c1-3-11(4-2)13-9-14(22-19-13)16(21)18-12-5-6-15-17-7-8-20(15)10-12/h7-9,11-12H,3-6,10H2,1-2H3,(H,18,21)/t12-/m1/s1. The Morgan fingerprint density at radius 1 is 1.50 bits per heavy atom. The summed E-state index contributed by atoms with van der Waals surface area (Å²) >= 11 is 0. The molecule has 0 spiro atoms. The summed E-state index contributed by atoms with van der Waals surface area (Å²) in [4.78, 5) is 16.6. The van der Waals surface area contributed by atoms with Crippen molar-refractivity contribution in [2.75, 3.05) is 0 Å². The van der Waals surface area contributed by atoms with Gasteiger partial charge in [-0.25, -0.2) is 4.98 Å². The number of aryl methyl sites for hydroxylation is 1. The van der Waals surface area contributed by atoms with Gasteiger partial charge in [0.1, 0.15) is 5.82 Å². The van der Waals surface area contributed by atoms with E-state index in [1.54, 1.807) is 12.3 Å². The zero-order valence-electron chi connectivity index (χ0n) is 13.1. The lowest BCUT2D eigenvalue weighted by Gasteiger charge is -2.24. The van der Waals surface area contributed by atoms with Crippen molar-refractivity contribution in [3.8, 4) is 0 Å². The predicted octanol–water partition coefficient (Wildman–Crippen LogP) is 2.52. The molecule has 0 saturated carbocycles. The summed E-state index contributed by atoms with van der Waals surface area (Å²) in [6.07, 6.45) is 7.53. The van der Waals surface area contributed by atoms with E-state index < -0.39 is 0 Å². The van der Waals surface area contributed by atoms with Crippen LogP contribution in [-0.4, -0.2) is 26.7 Å². The van der Waals surface area contributed by atoms with Gasteiger partial charge in [0.2, 0.25) is 5.76 Å². The number of rotatable bonds is 5. The number of aromatic nitrogens is 3. The summed E-state index contributed by atoms with van der Waals surface area (Å²) in [5, 5.41) is 7.08. The smallest absolute Gasteiger partial charge is 0.290 e. The van der Waals surface area contributed by atoms with Gasteiger partial charge in [0, 0.05) is 43.4 Å². The minimum atomic E-state index is -0.182. The number of imidazole rings is 1. The average Bonchev–Trinajstić information content (AvgIpc) is 3.17. The normalized spacial score (nSPS) is 17.5. The molecule has 3 rings (SSSR count). The van der Waals surface area contributed by atoms with Crippen LogP contribution < -0.4 is 5.32 Å². The van der Waals surface area contributed by atoms with E-state index in [1.165, 1.54) is 0 Å². The molecular formula is C16H22N4O2. The summed E-state index contributed by atoms with van der Waals surface area (Å²) in [7, 11) is 0. The third kappa shape index (κ3) is 2.91. The van der Waals surface area contributed by atoms with Crippen LogP contribution in [0.15, 0.2) is 23.0 Å². The fourth-order valence-electron chi connectivity index (χ4n) is 3.04. The van der Waals surface area contributed by atoms with E-state index in [1.807, 2.05) is 6.20 Å². The van der Waals surface area contributed by atoms with Crippen LogP contribution in [0.25, 0.3) is 0 Å². The van der Waals surface area contributed by atoms with Crippen molar-refractivity contribution in [1.82, 2.24) is 20.0 Å². The number of nitrogens with zero attached hydrogens (tertiary/aromatic N) is 3. The van der Waals surface area contributed by atoms with Crippen LogP contribution in [0.2, 0.25) is 0 Å². The van der Waals surface area contributed by atoms with Crippen molar-refractivity contribution in [3.63, 3.8) is 0 Å². The second-order valence-corrected chi connectivity index (χ2v) is 5.83. The highest BCUT2D eigenvalue weighted by Crippen LogP contribution is 2.22. The Balaban J connectivity index is 1.63. The first kappa shape index (κ1) is 14.8. The molecule has 1 N–H and O–H groups in total. The molecule has 0 radical (unpaired) electrons. The zero-order chi connectivity index (χ0) is 15.5. The van der Waals surface area contributed by atoms with Crippen LogP contribution in [0.5, 0.6) is 0 Å². The largest absolute Gasteiger partial charge is 0.351 e. The molecule has 0 saturated heterocycles. The van der Waals surface area contributed by atoms with Crippen LogP contribution >= 0.6 is 0 Å². The number of carbonyl (C=O) groups is 1. The van der Waals surface area contributed by atoms with Crippen molar-refractivity contribution < 1.29 is 9.32 Å². The van der Waals surface area contributed by atoms with Gasteiger partial charge in [0.25, 0.3) is 5.91 Å². The molecule has 0 aromatic carbocycles. The molecule has 6 nitrogen and oxygen atoms in total. The van der Waals surface area contributed by atoms with Crippen molar-refractivity contribution in [1.29, 1.82) is 0 Å². The topological polar surface area (TPSA) is 73.0 Å². The van der Waals surface area contributed by atoms with E-state index in [9.17, 15) is 4.79 Å². The first-order valence-electron chi connectivity index (χ1n) is 7.98. The van der Waals surface area contributed by atoms with Gasteiger partial charge in [-0.15, -0.1) is 0 Å². The van der Waals surface area contributed by atoms with Crippen LogP contribution in [-0.2, 0) is 13.0 Å². The Kier molecular flexibility index (Phi) is 4.27. The lowest BCUT2D eigenvalue weighted by atomic mass is 9.99. The summed E-state index contributed by atoms with van der Waals surface area (Å²) in [5.74, 6) is 1.56. The molecule has 22 heavy (non-hydrogen) atoms. The fourth-order valence-corrected chi connectivity index (χ4v) is 3.04. The lowest BCUT2D eigenvalue weighted by molar-refractivity contribution is 0.0890. The van der Waals surface area contributed by atoms with Gasteiger partial charge in [0.15, 0.2) is 0 Å². The molecule has 118 valence electrons. The first-order valence-corrected chi connectivity index (χ1v) is 7.98. The second kappa shape index (κ2) is 6.34. The molecule has 2 aromatic rings. The van der Waals surface area contributed by atoms with E-state index in [0.29, 0.717) is 11.7 Å². The Bertz CT molecular complexity index is 642. The van der Waals surface area contributed by atoms with Gasteiger partial charge in [-0.2, -0.15) is 0 Å². The summed E-state index contributed by atoms with van der Waals surface area (Å²) < 4.78 is 7.31. The maximum Gasteiger partial charge on any atom is 0.290 e. The number of fused-ring (bicyclic) bond motifs is 1. The maximum atomic E-state index is 12.3. The second-order valence-electron chi connectivity index (χ2n) is 5.83. The fraction of sp³-hybridized carbons (Fsp3) is 0.562. The SMILES string of the molecule is CCC(CC)c1cc(C(=O)N[C@@H]2CCc3nccn3C2)on1. The van der Waals surface area contributed by atoms with E-state index >= 15 is 0 Å². The van der Waals surface area contributed by atoms with Gasteiger partial charge in [-0.1, -0.05) is 19.0 Å². The van der Waals surface area contributed by atoms with Gasteiger partial charge < -0.3 is 14.4 Å². The molecule has 0 aliphatic carbocycles. The summed E-state index contributed by atoms with van der Waals surface area (Å²) in [5.41, 5.74) is 0.871. The first-order chi connectivity index (χ1) is 10.7. The number of carbonyl (C=O) groups excluding carboxylic acids is 1. The molecular weight excluding hydrogens is 280 g/mol. The lowest BCUT2D eigenvalue weighted by Crippen LogP contribution is -2.40. The minimum Gasteiger partial charge on any atom is -0.351 e. The quantitative estimate of drug-likeness (QED) is 0.921. The van der Waals surface area contributed by atoms with Crippen molar-refractivity contribution in [2.45, 2.75) is 58.0 Å². The van der Waals surface area contributed by atoms with Crippen LogP contribution in [0.1, 0.15) is 61.1 Å². The summed E-state index contributed by atoms with van der Waals surface area (Å²) in [6.45, 7) is 5.00. The van der Waals surface area contributed by atoms with Gasteiger partial charge in [0.05, 0.1) is 5.69 Å². The van der Waals surface area contributed by atoms with Gasteiger partial charge >= 0.3 is 0 Å². The van der Waals surface area contributed by atoms with Crippen molar-refractivity contribution >= 4 is 5.91 Å². The van der Waals surface area contributed by atoms with E-state index in [-0.39, 0.29) is 11.9 Å². The number of nitrogens with one attached hydrogen (secondary N) is 1. The molecule has 6 heteroatoms. The third-order valence-corrected chi connectivity index (χ3v) is 4.43. The molecule has 0 bridgehead atoms.